The summed E-state index contributed by atoms with van der Waals surface area (Å²) in [6.07, 6.45) is 7.46. The van der Waals surface area contributed by atoms with Crippen molar-refractivity contribution in [2.45, 2.75) is 51.1 Å². The highest BCUT2D eigenvalue weighted by atomic mass is 16.2. The van der Waals surface area contributed by atoms with Crippen LogP contribution >= 0.6 is 0 Å². The van der Waals surface area contributed by atoms with E-state index in [2.05, 4.69) is 47.0 Å². The number of hydrogen-bond donors (Lipinski definition) is 4. The third-order valence-corrected chi connectivity index (χ3v) is 9.13. The molecule has 3 fully saturated rings. The van der Waals surface area contributed by atoms with Gasteiger partial charge in [0.25, 0.3) is 5.91 Å². The number of rotatable bonds is 9. The number of carbonyl (C=O) groups excluding carboxylic acids is 1. The first kappa shape index (κ1) is 26.1. The molecule has 7 heteroatoms. The SMILES string of the molecule is CN(N)C(=O)/C(C(N)=NC1CC12CCCC21CC1)=C(/NCc1ccc(-c2ccccc2)cc1)Nc1ccccc1. The van der Waals surface area contributed by atoms with Crippen molar-refractivity contribution in [2.24, 2.45) is 27.4 Å². The van der Waals surface area contributed by atoms with E-state index < -0.39 is 5.91 Å². The van der Waals surface area contributed by atoms with E-state index >= 15 is 0 Å². The van der Waals surface area contributed by atoms with Gasteiger partial charge in [-0.15, -0.1) is 0 Å². The summed E-state index contributed by atoms with van der Waals surface area (Å²) in [5.74, 6) is 6.31. The smallest absolute Gasteiger partial charge is 0.274 e. The molecule has 0 heterocycles. The van der Waals surface area contributed by atoms with Gasteiger partial charge in [0, 0.05) is 24.7 Å². The molecule has 3 aromatic rings. The summed E-state index contributed by atoms with van der Waals surface area (Å²) in [6, 6.07) is 28.6. The topological polar surface area (TPSA) is 109 Å². The molecule has 3 aromatic carbocycles. The first-order chi connectivity index (χ1) is 19.4. The quantitative estimate of drug-likeness (QED) is 0.0756. The summed E-state index contributed by atoms with van der Waals surface area (Å²) in [7, 11) is 1.53. The molecule has 40 heavy (non-hydrogen) atoms. The van der Waals surface area contributed by atoms with Crippen molar-refractivity contribution in [1.29, 1.82) is 0 Å². The standard InChI is InChI=1S/C33H38N6O/c1-39(35)31(40)28(29(34)38-27-21-33(27)18-8-17-32(33)19-20-32)30(37-26-11-6-3-7-12-26)36-22-23-13-15-25(16-14-23)24-9-4-2-5-10-24/h2-7,9-16,27,36-37H,8,17-22,35H2,1H3,(H2,34,38)/b30-28-. The summed E-state index contributed by atoms with van der Waals surface area (Å²) >= 11 is 0. The lowest BCUT2D eigenvalue weighted by Gasteiger charge is -2.21. The average Bonchev–Trinajstić information content (AvgIpc) is 3.87. The van der Waals surface area contributed by atoms with Gasteiger partial charge < -0.3 is 16.4 Å². The maximum absolute atomic E-state index is 13.5. The van der Waals surface area contributed by atoms with E-state index in [0.29, 0.717) is 17.8 Å². The number of anilines is 1. The van der Waals surface area contributed by atoms with Crippen molar-refractivity contribution in [2.75, 3.05) is 12.4 Å². The van der Waals surface area contributed by atoms with E-state index in [1.54, 1.807) is 0 Å². The van der Waals surface area contributed by atoms with Crippen LogP contribution in [0.15, 0.2) is 101 Å². The van der Waals surface area contributed by atoms with Crippen molar-refractivity contribution in [3.63, 3.8) is 0 Å². The first-order valence-corrected chi connectivity index (χ1v) is 14.2. The van der Waals surface area contributed by atoms with Crippen LogP contribution in [0.5, 0.6) is 0 Å². The molecule has 0 radical (unpaired) electrons. The minimum Gasteiger partial charge on any atom is -0.383 e. The van der Waals surface area contributed by atoms with E-state index in [0.717, 1.165) is 28.2 Å². The van der Waals surface area contributed by atoms with E-state index in [9.17, 15) is 4.79 Å². The van der Waals surface area contributed by atoms with Gasteiger partial charge in [-0.2, -0.15) is 0 Å². The zero-order chi connectivity index (χ0) is 27.7. The minimum absolute atomic E-state index is 0.173. The van der Waals surface area contributed by atoms with Crippen molar-refractivity contribution < 1.29 is 4.79 Å². The number of carbonyl (C=O) groups is 1. The average molecular weight is 535 g/mol. The van der Waals surface area contributed by atoms with Gasteiger partial charge in [-0.3, -0.25) is 14.8 Å². The Bertz CT molecular complexity index is 1430. The molecular formula is C33H38N6O. The molecular weight excluding hydrogens is 496 g/mol. The molecule has 7 nitrogen and oxygen atoms in total. The van der Waals surface area contributed by atoms with Crippen LogP contribution in [0.2, 0.25) is 0 Å². The molecule has 6 rings (SSSR count). The lowest BCUT2D eigenvalue weighted by molar-refractivity contribution is -0.125. The molecule has 0 aliphatic heterocycles. The van der Waals surface area contributed by atoms with Crippen LogP contribution in [-0.2, 0) is 11.3 Å². The molecule has 2 atom stereocenters. The van der Waals surface area contributed by atoms with Gasteiger partial charge in [-0.1, -0.05) is 79.2 Å². The number of amides is 1. The Morgan fingerprint density at radius 2 is 1.57 bits per heavy atom. The summed E-state index contributed by atoms with van der Waals surface area (Å²) in [5, 5.41) is 7.91. The fourth-order valence-corrected chi connectivity index (χ4v) is 6.70. The number of hydrogen-bond acceptors (Lipinski definition) is 5. The van der Waals surface area contributed by atoms with Crippen LogP contribution in [-0.4, -0.2) is 29.8 Å². The Morgan fingerprint density at radius 1 is 0.925 bits per heavy atom. The van der Waals surface area contributed by atoms with Crippen LogP contribution in [0, 0.1) is 10.8 Å². The minimum atomic E-state index is -0.395. The molecule has 0 bridgehead atoms. The van der Waals surface area contributed by atoms with Crippen LogP contribution in [0.1, 0.15) is 44.1 Å². The van der Waals surface area contributed by atoms with Crippen molar-refractivity contribution >= 4 is 17.4 Å². The molecule has 3 saturated carbocycles. The number of para-hydroxylation sites is 1. The fraction of sp³-hybridized carbons (Fsp3) is 0.333. The summed E-state index contributed by atoms with van der Waals surface area (Å²) in [5.41, 5.74) is 11.9. The molecule has 0 aromatic heterocycles. The Morgan fingerprint density at radius 3 is 2.23 bits per heavy atom. The molecule has 1 amide bonds. The lowest BCUT2D eigenvalue weighted by atomic mass is 9.89. The number of benzene rings is 3. The lowest BCUT2D eigenvalue weighted by Crippen LogP contribution is -2.41. The Hall–Kier alpha value is -4.10. The predicted molar refractivity (Wildman–Crippen MR) is 161 cm³/mol. The first-order valence-electron chi connectivity index (χ1n) is 14.2. The molecule has 3 aliphatic carbocycles. The van der Waals surface area contributed by atoms with Gasteiger partial charge in [-0.05, 0) is 66.3 Å². The van der Waals surface area contributed by atoms with E-state index in [4.69, 9.17) is 16.6 Å². The van der Waals surface area contributed by atoms with Crippen LogP contribution in [0.3, 0.4) is 0 Å². The summed E-state index contributed by atoms with van der Waals surface area (Å²) < 4.78 is 0. The number of likely N-dealkylation sites (N-methyl/N-ethyl adjacent to an activating group) is 1. The summed E-state index contributed by atoms with van der Waals surface area (Å²) in [6.45, 7) is 0.485. The number of nitrogens with zero attached hydrogens (tertiary/aromatic N) is 2. The van der Waals surface area contributed by atoms with Crippen LogP contribution in [0.25, 0.3) is 11.1 Å². The number of hydrazine groups is 1. The second-order valence-corrected chi connectivity index (χ2v) is 11.6. The van der Waals surface area contributed by atoms with E-state index in [1.807, 2.05) is 48.5 Å². The number of nitrogens with two attached hydrogens (primary N) is 2. The van der Waals surface area contributed by atoms with Gasteiger partial charge in [-0.25, -0.2) is 5.84 Å². The number of amidine groups is 1. The third-order valence-electron chi connectivity index (χ3n) is 9.13. The van der Waals surface area contributed by atoms with Crippen LogP contribution < -0.4 is 22.2 Å². The second-order valence-electron chi connectivity index (χ2n) is 11.6. The highest BCUT2D eigenvalue weighted by Gasteiger charge is 2.72. The number of fused-ring (bicyclic) bond motifs is 1. The van der Waals surface area contributed by atoms with Gasteiger partial charge >= 0.3 is 0 Å². The largest absolute Gasteiger partial charge is 0.383 e. The maximum Gasteiger partial charge on any atom is 0.274 e. The molecule has 2 spiro atoms. The zero-order valence-corrected chi connectivity index (χ0v) is 23.1. The Labute approximate surface area is 236 Å². The third kappa shape index (κ3) is 4.97. The maximum atomic E-state index is 13.5. The van der Waals surface area contributed by atoms with Crippen LogP contribution in [0.4, 0.5) is 5.69 Å². The second kappa shape index (κ2) is 10.5. The van der Waals surface area contributed by atoms with Crippen molar-refractivity contribution in [3.05, 3.63) is 102 Å². The van der Waals surface area contributed by atoms with Gasteiger partial charge in [0.2, 0.25) is 0 Å². The van der Waals surface area contributed by atoms with Gasteiger partial charge in [0.05, 0.1) is 6.04 Å². The number of aliphatic imine (C=N–C) groups is 1. The van der Waals surface area contributed by atoms with E-state index in [1.165, 1.54) is 44.7 Å². The molecule has 2 unspecified atom stereocenters. The van der Waals surface area contributed by atoms with E-state index in [-0.39, 0.29) is 22.9 Å². The highest BCUT2D eigenvalue weighted by Crippen LogP contribution is 2.78. The van der Waals surface area contributed by atoms with Crippen molar-refractivity contribution in [1.82, 2.24) is 10.3 Å². The Kier molecular flexibility index (Phi) is 6.84. The fourth-order valence-electron chi connectivity index (χ4n) is 6.70. The van der Waals surface area contributed by atoms with Gasteiger partial charge in [0.15, 0.2) is 0 Å². The predicted octanol–water partition coefficient (Wildman–Crippen LogP) is 5.18. The normalized spacial score (nSPS) is 23.1. The highest BCUT2D eigenvalue weighted by molar-refractivity contribution is 6.20. The van der Waals surface area contributed by atoms with Gasteiger partial charge in [0.1, 0.15) is 17.2 Å². The van der Waals surface area contributed by atoms with Crippen molar-refractivity contribution in [3.8, 4) is 11.1 Å². The number of nitrogens with one attached hydrogen (secondary N) is 2. The molecule has 3 aliphatic rings. The molecule has 0 saturated heterocycles. The molecule has 6 N–H and O–H groups in total. The zero-order valence-electron chi connectivity index (χ0n) is 23.1. The monoisotopic (exact) mass is 534 g/mol. The molecule has 206 valence electrons. The Balaban J connectivity index is 1.30. The summed E-state index contributed by atoms with van der Waals surface area (Å²) in [4.78, 5) is 18.5.